The minimum absolute atomic E-state index is 0.208. The quantitative estimate of drug-likeness (QED) is 0.595. The molecule has 1 amide bonds. The maximum atomic E-state index is 12.2. The van der Waals surface area contributed by atoms with E-state index >= 15 is 0 Å². The van der Waals surface area contributed by atoms with Crippen molar-refractivity contribution in [2.45, 2.75) is 0 Å². The number of nitrogens with one attached hydrogen (secondary N) is 2. The van der Waals surface area contributed by atoms with Crippen molar-refractivity contribution >= 4 is 22.6 Å². The van der Waals surface area contributed by atoms with Gasteiger partial charge in [-0.15, -0.1) is 0 Å². The zero-order valence-corrected chi connectivity index (χ0v) is 10.3. The maximum absolute atomic E-state index is 12.2. The number of Topliss-reactive ketones (excluding diaryl/α,β-unsaturated/α-hetero) is 1. The first kappa shape index (κ1) is 11.9. The standard InChI is InChI=1S/C13H14N4O2/c18-12(13(19)17-7-5-14-6-8-17)11-9-3-1-2-4-10(9)15-16-11/h1-4,14H,5-8H2,(H,15,16). The molecule has 1 aromatic carbocycles. The molecule has 0 unspecified atom stereocenters. The molecule has 19 heavy (non-hydrogen) atoms. The van der Waals surface area contributed by atoms with Gasteiger partial charge in [-0.25, -0.2) is 0 Å². The lowest BCUT2D eigenvalue weighted by atomic mass is 10.1. The first-order valence-electron chi connectivity index (χ1n) is 6.25. The van der Waals surface area contributed by atoms with Crippen LogP contribution in [0.15, 0.2) is 24.3 Å². The summed E-state index contributed by atoms with van der Waals surface area (Å²) < 4.78 is 0. The average Bonchev–Trinajstić information content (AvgIpc) is 2.90. The number of ketones is 1. The van der Waals surface area contributed by atoms with Crippen molar-refractivity contribution in [2.24, 2.45) is 0 Å². The second-order valence-corrected chi connectivity index (χ2v) is 4.49. The molecule has 0 atom stereocenters. The van der Waals surface area contributed by atoms with E-state index in [1.165, 1.54) is 0 Å². The molecule has 6 heteroatoms. The van der Waals surface area contributed by atoms with Gasteiger partial charge in [-0.1, -0.05) is 18.2 Å². The molecule has 1 aliphatic rings. The fourth-order valence-corrected chi connectivity index (χ4v) is 2.25. The van der Waals surface area contributed by atoms with Crippen molar-refractivity contribution in [3.63, 3.8) is 0 Å². The number of benzene rings is 1. The van der Waals surface area contributed by atoms with Crippen molar-refractivity contribution in [1.82, 2.24) is 20.4 Å². The molecule has 2 heterocycles. The summed E-state index contributed by atoms with van der Waals surface area (Å²) in [6.07, 6.45) is 0. The predicted molar refractivity (Wildman–Crippen MR) is 69.9 cm³/mol. The van der Waals surface area contributed by atoms with Gasteiger partial charge < -0.3 is 10.2 Å². The number of carbonyl (C=O) groups is 2. The third-order valence-corrected chi connectivity index (χ3v) is 3.28. The molecule has 0 spiro atoms. The Labute approximate surface area is 109 Å². The van der Waals surface area contributed by atoms with Gasteiger partial charge in [0.05, 0.1) is 5.52 Å². The Morgan fingerprint density at radius 1 is 1.16 bits per heavy atom. The summed E-state index contributed by atoms with van der Waals surface area (Å²) in [4.78, 5) is 25.9. The number of aromatic nitrogens is 2. The third-order valence-electron chi connectivity index (χ3n) is 3.28. The van der Waals surface area contributed by atoms with E-state index in [4.69, 9.17) is 0 Å². The van der Waals surface area contributed by atoms with Crippen LogP contribution in [0.1, 0.15) is 10.5 Å². The highest BCUT2D eigenvalue weighted by atomic mass is 16.2. The van der Waals surface area contributed by atoms with Gasteiger partial charge in [-0.2, -0.15) is 5.10 Å². The van der Waals surface area contributed by atoms with Gasteiger partial charge in [0, 0.05) is 31.6 Å². The summed E-state index contributed by atoms with van der Waals surface area (Å²) in [6.45, 7) is 2.57. The van der Waals surface area contributed by atoms with E-state index in [0.29, 0.717) is 18.5 Å². The van der Waals surface area contributed by atoms with Gasteiger partial charge in [0.2, 0.25) is 0 Å². The normalized spacial score (nSPS) is 15.7. The smallest absolute Gasteiger partial charge is 0.296 e. The van der Waals surface area contributed by atoms with Gasteiger partial charge in [0.1, 0.15) is 5.69 Å². The van der Waals surface area contributed by atoms with Crippen molar-refractivity contribution in [1.29, 1.82) is 0 Å². The Hall–Kier alpha value is -2.21. The third kappa shape index (κ3) is 2.10. The zero-order chi connectivity index (χ0) is 13.2. The SMILES string of the molecule is O=C(C(=O)N1CCNCC1)c1n[nH]c2ccccc12. The number of para-hydroxylation sites is 1. The van der Waals surface area contributed by atoms with Gasteiger partial charge in [0.25, 0.3) is 11.7 Å². The van der Waals surface area contributed by atoms with Gasteiger partial charge in [-0.05, 0) is 6.07 Å². The number of carbonyl (C=O) groups excluding carboxylic acids is 2. The molecule has 3 rings (SSSR count). The molecule has 0 bridgehead atoms. The van der Waals surface area contributed by atoms with E-state index in [1.54, 1.807) is 11.0 Å². The monoisotopic (exact) mass is 258 g/mol. The van der Waals surface area contributed by atoms with E-state index in [2.05, 4.69) is 15.5 Å². The highest BCUT2D eigenvalue weighted by Crippen LogP contribution is 2.16. The Bertz CT molecular complexity index is 628. The topological polar surface area (TPSA) is 78.1 Å². The number of nitrogens with zero attached hydrogens (tertiary/aromatic N) is 2. The lowest BCUT2D eigenvalue weighted by Gasteiger charge is -2.26. The Balaban J connectivity index is 1.89. The Kier molecular flexibility index (Phi) is 3.00. The molecule has 0 aliphatic carbocycles. The summed E-state index contributed by atoms with van der Waals surface area (Å²) in [5.41, 5.74) is 0.970. The van der Waals surface area contributed by atoms with E-state index in [-0.39, 0.29) is 5.69 Å². The summed E-state index contributed by atoms with van der Waals surface area (Å²) in [5, 5.41) is 10.6. The van der Waals surface area contributed by atoms with Crippen LogP contribution >= 0.6 is 0 Å². The van der Waals surface area contributed by atoms with Crippen LogP contribution in [0.5, 0.6) is 0 Å². The number of fused-ring (bicyclic) bond motifs is 1. The Morgan fingerprint density at radius 2 is 1.89 bits per heavy atom. The molecule has 1 aromatic heterocycles. The van der Waals surface area contributed by atoms with Crippen LogP contribution in [0.3, 0.4) is 0 Å². The van der Waals surface area contributed by atoms with Crippen molar-refractivity contribution in [3.8, 4) is 0 Å². The molecule has 1 fully saturated rings. The van der Waals surface area contributed by atoms with E-state index in [1.807, 2.05) is 18.2 Å². The molecule has 1 aliphatic heterocycles. The molecule has 0 saturated carbocycles. The van der Waals surface area contributed by atoms with Crippen LogP contribution < -0.4 is 5.32 Å². The van der Waals surface area contributed by atoms with E-state index in [0.717, 1.165) is 18.6 Å². The zero-order valence-electron chi connectivity index (χ0n) is 10.3. The van der Waals surface area contributed by atoms with Crippen LogP contribution in [-0.2, 0) is 4.79 Å². The predicted octanol–water partition coefficient (Wildman–Crippen LogP) is 0.177. The minimum atomic E-state index is -0.542. The Morgan fingerprint density at radius 3 is 2.68 bits per heavy atom. The highest BCUT2D eigenvalue weighted by molar-refractivity contribution is 6.44. The van der Waals surface area contributed by atoms with Crippen LogP contribution in [0.2, 0.25) is 0 Å². The first-order valence-corrected chi connectivity index (χ1v) is 6.25. The second kappa shape index (κ2) is 4.81. The number of piperazine rings is 1. The molecule has 6 nitrogen and oxygen atoms in total. The van der Waals surface area contributed by atoms with Gasteiger partial charge >= 0.3 is 0 Å². The minimum Gasteiger partial charge on any atom is -0.333 e. The van der Waals surface area contributed by atoms with Crippen molar-refractivity contribution in [2.75, 3.05) is 26.2 Å². The van der Waals surface area contributed by atoms with Crippen LogP contribution in [0.4, 0.5) is 0 Å². The average molecular weight is 258 g/mol. The molecule has 0 radical (unpaired) electrons. The lowest BCUT2D eigenvalue weighted by Crippen LogP contribution is -2.48. The molecular formula is C13H14N4O2. The fraction of sp³-hybridized carbons (Fsp3) is 0.308. The number of rotatable bonds is 2. The van der Waals surface area contributed by atoms with Crippen molar-refractivity contribution < 1.29 is 9.59 Å². The molecular weight excluding hydrogens is 244 g/mol. The largest absolute Gasteiger partial charge is 0.333 e. The highest BCUT2D eigenvalue weighted by Gasteiger charge is 2.27. The summed E-state index contributed by atoms with van der Waals surface area (Å²) in [6, 6.07) is 7.29. The second-order valence-electron chi connectivity index (χ2n) is 4.49. The summed E-state index contributed by atoms with van der Waals surface area (Å²) in [7, 11) is 0. The molecule has 1 saturated heterocycles. The fourth-order valence-electron chi connectivity index (χ4n) is 2.25. The van der Waals surface area contributed by atoms with Crippen LogP contribution in [-0.4, -0.2) is 53.0 Å². The van der Waals surface area contributed by atoms with Crippen molar-refractivity contribution in [3.05, 3.63) is 30.0 Å². The van der Waals surface area contributed by atoms with E-state index < -0.39 is 11.7 Å². The van der Waals surface area contributed by atoms with Gasteiger partial charge in [-0.3, -0.25) is 14.7 Å². The number of aromatic amines is 1. The van der Waals surface area contributed by atoms with Gasteiger partial charge in [0.15, 0.2) is 0 Å². The lowest BCUT2D eigenvalue weighted by molar-refractivity contribution is -0.127. The molecule has 98 valence electrons. The first-order chi connectivity index (χ1) is 9.27. The number of hydrogen-bond donors (Lipinski definition) is 2. The maximum Gasteiger partial charge on any atom is 0.296 e. The number of H-pyrrole nitrogens is 1. The van der Waals surface area contributed by atoms with E-state index in [9.17, 15) is 9.59 Å². The molecule has 2 N–H and O–H groups in total. The van der Waals surface area contributed by atoms with Crippen LogP contribution in [0, 0.1) is 0 Å². The summed E-state index contributed by atoms with van der Waals surface area (Å²) in [5.74, 6) is -1.02. The summed E-state index contributed by atoms with van der Waals surface area (Å²) >= 11 is 0. The van der Waals surface area contributed by atoms with Crippen LogP contribution in [0.25, 0.3) is 10.9 Å². The molecule has 2 aromatic rings. The number of hydrogen-bond acceptors (Lipinski definition) is 4. The number of amides is 1.